The predicted molar refractivity (Wildman–Crippen MR) is 85.2 cm³/mol. The van der Waals surface area contributed by atoms with E-state index in [4.69, 9.17) is 0 Å². The van der Waals surface area contributed by atoms with E-state index in [2.05, 4.69) is 32.2 Å². The SMILES string of the molecule is O=C(C1CC(F)(F)CN1)N1CCN(Cc2ccc(Br)s2)CC1. The van der Waals surface area contributed by atoms with E-state index in [9.17, 15) is 13.6 Å². The van der Waals surface area contributed by atoms with Crippen LogP contribution in [-0.4, -0.2) is 60.4 Å². The maximum absolute atomic E-state index is 13.2. The number of carbonyl (C=O) groups excluding carboxylic acids is 1. The first-order valence-electron chi connectivity index (χ1n) is 7.29. The fourth-order valence-electron chi connectivity index (χ4n) is 2.89. The second kappa shape index (κ2) is 6.51. The highest BCUT2D eigenvalue weighted by atomic mass is 79.9. The third-order valence-electron chi connectivity index (χ3n) is 4.10. The van der Waals surface area contributed by atoms with Crippen LogP contribution in [0.3, 0.4) is 0 Å². The zero-order chi connectivity index (χ0) is 15.7. The maximum atomic E-state index is 13.2. The zero-order valence-electron chi connectivity index (χ0n) is 12.0. The Bertz CT molecular complexity index is 546. The van der Waals surface area contributed by atoms with Crippen molar-refractivity contribution in [3.05, 3.63) is 20.8 Å². The molecule has 1 amide bonds. The smallest absolute Gasteiger partial charge is 0.262 e. The van der Waals surface area contributed by atoms with Gasteiger partial charge in [-0.3, -0.25) is 15.0 Å². The minimum absolute atomic E-state index is 0.185. The summed E-state index contributed by atoms with van der Waals surface area (Å²) < 4.78 is 27.5. The third-order valence-corrected chi connectivity index (χ3v) is 5.71. The number of carbonyl (C=O) groups is 1. The molecule has 1 N–H and O–H groups in total. The molecule has 3 rings (SSSR count). The molecule has 0 aliphatic carbocycles. The summed E-state index contributed by atoms with van der Waals surface area (Å²) in [4.78, 5) is 17.5. The van der Waals surface area contributed by atoms with E-state index >= 15 is 0 Å². The Kier molecular flexibility index (Phi) is 4.82. The van der Waals surface area contributed by atoms with Gasteiger partial charge in [0.1, 0.15) is 0 Å². The molecule has 0 radical (unpaired) electrons. The molecule has 3 heterocycles. The van der Waals surface area contributed by atoms with Gasteiger partial charge in [0.25, 0.3) is 5.92 Å². The Balaban J connectivity index is 1.48. The lowest BCUT2D eigenvalue weighted by molar-refractivity contribution is -0.135. The number of alkyl halides is 2. The molecular weight excluding hydrogens is 376 g/mol. The first-order chi connectivity index (χ1) is 10.4. The van der Waals surface area contributed by atoms with Crippen molar-refractivity contribution in [3.8, 4) is 0 Å². The normalized spacial score (nSPS) is 25.6. The van der Waals surface area contributed by atoms with E-state index in [1.165, 1.54) is 4.88 Å². The summed E-state index contributed by atoms with van der Waals surface area (Å²) >= 11 is 5.16. The van der Waals surface area contributed by atoms with Crippen LogP contribution in [0.4, 0.5) is 8.78 Å². The molecule has 4 nitrogen and oxygen atoms in total. The zero-order valence-corrected chi connectivity index (χ0v) is 14.4. The number of piperazine rings is 1. The average Bonchev–Trinajstić information content (AvgIpc) is 3.04. The van der Waals surface area contributed by atoms with Gasteiger partial charge in [-0.1, -0.05) is 0 Å². The van der Waals surface area contributed by atoms with E-state index < -0.39 is 18.5 Å². The summed E-state index contributed by atoms with van der Waals surface area (Å²) in [6, 6.07) is 3.40. The van der Waals surface area contributed by atoms with Gasteiger partial charge < -0.3 is 4.90 Å². The Hall–Kier alpha value is -0.570. The van der Waals surface area contributed by atoms with Crippen molar-refractivity contribution in [2.75, 3.05) is 32.7 Å². The summed E-state index contributed by atoms with van der Waals surface area (Å²) in [5.41, 5.74) is 0. The van der Waals surface area contributed by atoms with Gasteiger partial charge in [0.15, 0.2) is 0 Å². The quantitative estimate of drug-likeness (QED) is 0.854. The molecule has 2 aliphatic heterocycles. The van der Waals surface area contributed by atoms with E-state index in [1.54, 1.807) is 16.2 Å². The van der Waals surface area contributed by atoms with E-state index in [-0.39, 0.29) is 12.3 Å². The van der Waals surface area contributed by atoms with Gasteiger partial charge >= 0.3 is 0 Å². The van der Waals surface area contributed by atoms with Crippen LogP contribution < -0.4 is 5.32 Å². The van der Waals surface area contributed by atoms with Crippen LogP contribution in [0.15, 0.2) is 15.9 Å². The second-order valence-electron chi connectivity index (χ2n) is 5.80. The lowest BCUT2D eigenvalue weighted by Crippen LogP contribution is -2.52. The number of nitrogens with zero attached hydrogens (tertiary/aromatic N) is 2. The number of amides is 1. The topological polar surface area (TPSA) is 35.6 Å². The van der Waals surface area contributed by atoms with Crippen LogP contribution in [0.25, 0.3) is 0 Å². The molecule has 1 aromatic heterocycles. The summed E-state index contributed by atoms with van der Waals surface area (Å²) in [7, 11) is 0. The molecule has 122 valence electrons. The fourth-order valence-corrected chi connectivity index (χ4v) is 4.42. The molecule has 8 heteroatoms. The molecule has 2 aliphatic rings. The molecule has 22 heavy (non-hydrogen) atoms. The molecule has 2 saturated heterocycles. The lowest BCUT2D eigenvalue weighted by atomic mass is 10.1. The predicted octanol–water partition coefficient (Wildman–Crippen LogP) is 2.15. The van der Waals surface area contributed by atoms with Gasteiger partial charge in [-0.15, -0.1) is 11.3 Å². The Morgan fingerprint density at radius 2 is 2.09 bits per heavy atom. The summed E-state index contributed by atoms with van der Waals surface area (Å²) in [5, 5.41) is 2.64. The Morgan fingerprint density at radius 1 is 1.36 bits per heavy atom. The van der Waals surface area contributed by atoms with Crippen LogP contribution in [0.1, 0.15) is 11.3 Å². The van der Waals surface area contributed by atoms with Gasteiger partial charge in [-0.2, -0.15) is 0 Å². The number of thiophene rings is 1. The molecule has 1 aromatic rings. The van der Waals surface area contributed by atoms with Crippen molar-refractivity contribution in [3.63, 3.8) is 0 Å². The van der Waals surface area contributed by atoms with Crippen molar-refractivity contribution < 1.29 is 13.6 Å². The minimum atomic E-state index is -2.76. The minimum Gasteiger partial charge on any atom is -0.339 e. The summed E-state index contributed by atoms with van der Waals surface area (Å²) in [6.45, 7) is 3.26. The monoisotopic (exact) mass is 393 g/mol. The van der Waals surface area contributed by atoms with Crippen LogP contribution in [0.2, 0.25) is 0 Å². The summed E-state index contributed by atoms with van der Waals surface area (Å²) in [5.74, 6) is -2.94. The van der Waals surface area contributed by atoms with Crippen LogP contribution in [-0.2, 0) is 11.3 Å². The number of hydrogen-bond acceptors (Lipinski definition) is 4. The second-order valence-corrected chi connectivity index (χ2v) is 8.35. The third kappa shape index (κ3) is 3.84. The largest absolute Gasteiger partial charge is 0.339 e. The molecule has 0 bridgehead atoms. The van der Waals surface area contributed by atoms with Gasteiger partial charge in [0.05, 0.1) is 16.4 Å². The van der Waals surface area contributed by atoms with Gasteiger partial charge in [0, 0.05) is 44.0 Å². The van der Waals surface area contributed by atoms with Crippen molar-refractivity contribution >= 4 is 33.2 Å². The molecule has 2 fully saturated rings. The van der Waals surface area contributed by atoms with Crippen LogP contribution >= 0.6 is 27.3 Å². The highest BCUT2D eigenvalue weighted by molar-refractivity contribution is 9.11. The molecule has 0 spiro atoms. The standard InChI is InChI=1S/C14H18BrF2N3OS/c15-12-2-1-10(22-12)8-19-3-5-20(6-4-19)13(21)11-7-14(16,17)9-18-11/h1-2,11,18H,3-9H2. The van der Waals surface area contributed by atoms with Gasteiger partial charge in [0.2, 0.25) is 5.91 Å². The Labute approximate surface area is 140 Å². The molecule has 0 aromatic carbocycles. The van der Waals surface area contributed by atoms with Gasteiger partial charge in [-0.25, -0.2) is 8.78 Å². The Morgan fingerprint density at radius 3 is 2.64 bits per heavy atom. The van der Waals surface area contributed by atoms with Crippen molar-refractivity contribution in [1.29, 1.82) is 0 Å². The molecule has 1 unspecified atom stereocenters. The molecule has 1 atom stereocenters. The first kappa shape index (κ1) is 16.3. The van der Waals surface area contributed by atoms with Gasteiger partial charge in [-0.05, 0) is 28.1 Å². The highest BCUT2D eigenvalue weighted by Crippen LogP contribution is 2.27. The highest BCUT2D eigenvalue weighted by Gasteiger charge is 2.43. The van der Waals surface area contributed by atoms with E-state index in [0.29, 0.717) is 13.1 Å². The van der Waals surface area contributed by atoms with Crippen molar-refractivity contribution in [2.24, 2.45) is 0 Å². The average molecular weight is 394 g/mol. The van der Waals surface area contributed by atoms with Crippen molar-refractivity contribution in [2.45, 2.75) is 24.9 Å². The van der Waals surface area contributed by atoms with E-state index in [1.807, 2.05) is 6.07 Å². The lowest BCUT2D eigenvalue weighted by Gasteiger charge is -2.35. The number of nitrogens with one attached hydrogen (secondary N) is 1. The molecule has 0 saturated carbocycles. The fraction of sp³-hybridized carbons (Fsp3) is 0.643. The van der Waals surface area contributed by atoms with Crippen molar-refractivity contribution in [1.82, 2.24) is 15.1 Å². The van der Waals surface area contributed by atoms with E-state index in [0.717, 1.165) is 23.4 Å². The number of rotatable bonds is 3. The molecular formula is C14H18BrF2N3OS. The van der Waals surface area contributed by atoms with Crippen LogP contribution in [0.5, 0.6) is 0 Å². The maximum Gasteiger partial charge on any atom is 0.262 e. The number of halogens is 3. The summed E-state index contributed by atoms with van der Waals surface area (Å²) in [6.07, 6.45) is -0.380. The van der Waals surface area contributed by atoms with Crippen LogP contribution in [0, 0.1) is 0 Å². The first-order valence-corrected chi connectivity index (χ1v) is 8.90. The number of hydrogen-bond donors (Lipinski definition) is 1.